The van der Waals surface area contributed by atoms with Crippen LogP contribution < -0.4 is 4.74 Å². The quantitative estimate of drug-likeness (QED) is 0.589. The molecule has 1 nitrogen and oxygen atoms in total. The second-order valence-electron chi connectivity index (χ2n) is 4.09. The molecule has 94 valence electrons. The van der Waals surface area contributed by atoms with Gasteiger partial charge in [-0.15, -0.1) is 6.58 Å². The molecule has 0 saturated heterocycles. The molecule has 0 amide bonds. The summed E-state index contributed by atoms with van der Waals surface area (Å²) in [6.45, 7) is 3.87. The molecule has 0 aromatic heterocycles. The van der Waals surface area contributed by atoms with E-state index in [9.17, 15) is 0 Å². The van der Waals surface area contributed by atoms with Crippen molar-refractivity contribution in [2.75, 3.05) is 7.11 Å². The maximum atomic E-state index is 5.36. The molecule has 0 spiro atoms. The predicted molar refractivity (Wildman–Crippen MR) is 79.3 cm³/mol. The summed E-state index contributed by atoms with van der Waals surface area (Å²) < 4.78 is 5.36. The molecule has 0 fully saturated rings. The topological polar surface area (TPSA) is 9.23 Å². The Morgan fingerprint density at radius 1 is 1.05 bits per heavy atom. The minimum atomic E-state index is -0.0312. The first-order chi connectivity index (χ1) is 9.35. The van der Waals surface area contributed by atoms with Crippen molar-refractivity contribution in [1.29, 1.82) is 0 Å². The minimum absolute atomic E-state index is 0.0312. The van der Waals surface area contributed by atoms with Crippen LogP contribution in [0.15, 0.2) is 67.3 Å². The summed E-state index contributed by atoms with van der Waals surface area (Å²) in [4.78, 5) is 0. The highest BCUT2D eigenvalue weighted by atomic mass is 16.5. The van der Waals surface area contributed by atoms with Gasteiger partial charge in [-0.2, -0.15) is 0 Å². The molecule has 0 heterocycles. The van der Waals surface area contributed by atoms with E-state index < -0.39 is 0 Å². The average molecular weight is 248 g/mol. The van der Waals surface area contributed by atoms with Crippen molar-refractivity contribution in [3.05, 3.63) is 78.4 Å². The van der Waals surface area contributed by atoms with Crippen LogP contribution in [-0.2, 0) is 0 Å². The molecule has 0 bridgehead atoms. The van der Waals surface area contributed by atoms with Crippen molar-refractivity contribution in [3.8, 4) is 17.6 Å². The number of rotatable bonds is 3. The van der Waals surface area contributed by atoms with E-state index in [1.807, 2.05) is 60.7 Å². The van der Waals surface area contributed by atoms with Crippen LogP contribution >= 0.6 is 0 Å². The monoisotopic (exact) mass is 248 g/mol. The molecule has 0 radical (unpaired) electrons. The van der Waals surface area contributed by atoms with Crippen LogP contribution in [0.4, 0.5) is 0 Å². The largest absolute Gasteiger partial charge is 0.496 e. The molecule has 0 aliphatic rings. The third-order valence-electron chi connectivity index (χ3n) is 2.86. The second kappa shape index (κ2) is 6.47. The van der Waals surface area contributed by atoms with Crippen LogP contribution in [0.3, 0.4) is 0 Å². The lowest BCUT2D eigenvalue weighted by atomic mass is 9.98. The number of allylic oxidation sites excluding steroid dienone is 1. The molecule has 2 aromatic carbocycles. The summed E-state index contributed by atoms with van der Waals surface area (Å²) in [7, 11) is 1.67. The van der Waals surface area contributed by atoms with E-state index in [2.05, 4.69) is 18.4 Å². The van der Waals surface area contributed by atoms with Crippen LogP contribution in [-0.4, -0.2) is 7.11 Å². The molecule has 0 aliphatic carbocycles. The highest BCUT2D eigenvalue weighted by molar-refractivity contribution is 5.45. The van der Waals surface area contributed by atoms with Crippen LogP contribution in [0.1, 0.15) is 17.0 Å². The van der Waals surface area contributed by atoms with Crippen LogP contribution in [0.2, 0.25) is 0 Å². The normalized spacial score (nSPS) is 11.0. The van der Waals surface area contributed by atoms with Crippen molar-refractivity contribution in [3.63, 3.8) is 0 Å². The minimum Gasteiger partial charge on any atom is -0.496 e. The summed E-state index contributed by atoms with van der Waals surface area (Å²) in [5.74, 6) is 7.21. The molecule has 0 saturated carbocycles. The highest BCUT2D eigenvalue weighted by Crippen LogP contribution is 2.26. The first-order valence-electron chi connectivity index (χ1n) is 6.17. The van der Waals surface area contributed by atoms with Gasteiger partial charge in [-0.1, -0.05) is 54.3 Å². The number of hydrogen-bond acceptors (Lipinski definition) is 1. The van der Waals surface area contributed by atoms with E-state index in [0.717, 1.165) is 16.9 Å². The Balaban J connectivity index is 2.31. The lowest BCUT2D eigenvalue weighted by Gasteiger charge is -2.10. The third-order valence-corrected chi connectivity index (χ3v) is 2.86. The number of para-hydroxylation sites is 1. The Bertz CT molecular complexity index is 602. The SMILES string of the molecule is C=C[C@H](C#Cc1ccccc1)c1ccccc1OC. The van der Waals surface area contributed by atoms with E-state index in [1.165, 1.54) is 0 Å². The van der Waals surface area contributed by atoms with Gasteiger partial charge >= 0.3 is 0 Å². The smallest absolute Gasteiger partial charge is 0.123 e. The first kappa shape index (κ1) is 13.0. The van der Waals surface area contributed by atoms with E-state index in [4.69, 9.17) is 4.74 Å². The molecule has 0 aliphatic heterocycles. The van der Waals surface area contributed by atoms with E-state index in [1.54, 1.807) is 7.11 Å². The molecule has 19 heavy (non-hydrogen) atoms. The van der Waals surface area contributed by atoms with Crippen molar-refractivity contribution in [2.24, 2.45) is 0 Å². The molecular formula is C18H16O. The number of benzene rings is 2. The van der Waals surface area contributed by atoms with Crippen LogP contribution in [0.25, 0.3) is 0 Å². The Morgan fingerprint density at radius 3 is 2.42 bits per heavy atom. The molecule has 2 rings (SSSR count). The molecular weight excluding hydrogens is 232 g/mol. The highest BCUT2D eigenvalue weighted by Gasteiger charge is 2.09. The maximum absolute atomic E-state index is 5.36. The molecule has 0 unspecified atom stereocenters. The summed E-state index contributed by atoms with van der Waals surface area (Å²) in [5.41, 5.74) is 2.05. The molecule has 0 N–H and O–H groups in total. The van der Waals surface area contributed by atoms with Gasteiger partial charge in [0.2, 0.25) is 0 Å². The Hall–Kier alpha value is -2.46. The number of ether oxygens (including phenoxy) is 1. The fourth-order valence-electron chi connectivity index (χ4n) is 1.87. The number of methoxy groups -OCH3 is 1. The predicted octanol–water partition coefficient (Wildman–Crippen LogP) is 4.02. The van der Waals surface area contributed by atoms with E-state index >= 15 is 0 Å². The van der Waals surface area contributed by atoms with Gasteiger partial charge in [-0.3, -0.25) is 0 Å². The third kappa shape index (κ3) is 3.26. The summed E-state index contributed by atoms with van der Waals surface area (Å²) in [6.07, 6.45) is 1.84. The van der Waals surface area contributed by atoms with Gasteiger partial charge in [-0.25, -0.2) is 0 Å². The van der Waals surface area contributed by atoms with Gasteiger partial charge in [0.15, 0.2) is 0 Å². The first-order valence-corrected chi connectivity index (χ1v) is 6.17. The van der Waals surface area contributed by atoms with Gasteiger partial charge < -0.3 is 4.74 Å². The molecule has 1 heteroatoms. The zero-order valence-electron chi connectivity index (χ0n) is 11.0. The second-order valence-corrected chi connectivity index (χ2v) is 4.09. The standard InChI is InChI=1S/C18H16O/c1-3-16(14-13-15-9-5-4-6-10-15)17-11-7-8-12-18(17)19-2/h3-12,16H,1H2,2H3/t16-/m1/s1. The van der Waals surface area contributed by atoms with Gasteiger partial charge in [0.1, 0.15) is 5.75 Å². The lowest BCUT2D eigenvalue weighted by molar-refractivity contribution is 0.410. The average Bonchev–Trinajstić information content (AvgIpc) is 2.49. The fraction of sp³-hybridized carbons (Fsp3) is 0.111. The van der Waals surface area contributed by atoms with Gasteiger partial charge in [0, 0.05) is 11.1 Å². The molecule has 1 atom stereocenters. The van der Waals surface area contributed by atoms with E-state index in [0.29, 0.717) is 0 Å². The Morgan fingerprint density at radius 2 is 1.74 bits per heavy atom. The summed E-state index contributed by atoms with van der Waals surface area (Å²) in [5, 5.41) is 0. The number of hydrogen-bond donors (Lipinski definition) is 0. The van der Waals surface area contributed by atoms with Crippen molar-refractivity contribution in [2.45, 2.75) is 5.92 Å². The summed E-state index contributed by atoms with van der Waals surface area (Å²) >= 11 is 0. The zero-order chi connectivity index (χ0) is 13.5. The van der Waals surface area contributed by atoms with Crippen molar-refractivity contribution < 1.29 is 4.74 Å². The van der Waals surface area contributed by atoms with E-state index in [-0.39, 0.29) is 5.92 Å². The van der Waals surface area contributed by atoms with Crippen molar-refractivity contribution in [1.82, 2.24) is 0 Å². The van der Waals surface area contributed by atoms with Crippen molar-refractivity contribution >= 4 is 0 Å². The van der Waals surface area contributed by atoms with Gasteiger partial charge in [0.05, 0.1) is 13.0 Å². The molecule has 2 aromatic rings. The van der Waals surface area contributed by atoms with Gasteiger partial charge in [-0.05, 0) is 18.2 Å². The Labute approximate surface area is 114 Å². The summed E-state index contributed by atoms with van der Waals surface area (Å²) in [6, 6.07) is 17.8. The maximum Gasteiger partial charge on any atom is 0.123 e. The fourth-order valence-corrected chi connectivity index (χ4v) is 1.87. The lowest BCUT2D eigenvalue weighted by Crippen LogP contribution is -1.96. The van der Waals surface area contributed by atoms with Crippen LogP contribution in [0.5, 0.6) is 5.75 Å². The zero-order valence-corrected chi connectivity index (χ0v) is 11.0. The van der Waals surface area contributed by atoms with Gasteiger partial charge in [0.25, 0.3) is 0 Å². The van der Waals surface area contributed by atoms with Crippen LogP contribution in [0, 0.1) is 11.8 Å². The Kier molecular flexibility index (Phi) is 4.42.